The summed E-state index contributed by atoms with van der Waals surface area (Å²) in [5, 5.41) is 3.11. The summed E-state index contributed by atoms with van der Waals surface area (Å²) in [6, 6.07) is 8.53. The van der Waals surface area contributed by atoms with Crippen molar-refractivity contribution in [2.24, 2.45) is 5.73 Å². The topological polar surface area (TPSA) is 55.1 Å². The van der Waals surface area contributed by atoms with Gasteiger partial charge in [-0.15, -0.1) is 12.4 Å². The predicted molar refractivity (Wildman–Crippen MR) is 90.7 cm³/mol. The molecule has 0 spiro atoms. The normalized spacial score (nSPS) is 21.4. The summed E-state index contributed by atoms with van der Waals surface area (Å²) in [5.41, 5.74) is 6.82. The lowest BCUT2D eigenvalue weighted by Gasteiger charge is -2.30. The molecular formula is C16H22BrClN2O. The number of rotatable bonds is 4. The third kappa shape index (κ3) is 3.43. The zero-order chi connectivity index (χ0) is 14.2. The third-order valence-electron chi connectivity index (χ3n) is 4.85. The van der Waals surface area contributed by atoms with Crippen molar-refractivity contribution in [1.29, 1.82) is 0 Å². The van der Waals surface area contributed by atoms with Crippen LogP contribution in [0.5, 0.6) is 0 Å². The highest BCUT2D eigenvalue weighted by molar-refractivity contribution is 9.10. The molecule has 3 rings (SSSR count). The maximum atomic E-state index is 12.1. The van der Waals surface area contributed by atoms with Crippen molar-refractivity contribution < 1.29 is 4.79 Å². The van der Waals surface area contributed by atoms with E-state index in [4.69, 9.17) is 5.73 Å². The Morgan fingerprint density at radius 1 is 1.14 bits per heavy atom. The summed E-state index contributed by atoms with van der Waals surface area (Å²) in [6.07, 6.45) is 6.41. The van der Waals surface area contributed by atoms with Gasteiger partial charge in [0.15, 0.2) is 0 Å². The van der Waals surface area contributed by atoms with Crippen molar-refractivity contribution in [1.82, 2.24) is 5.32 Å². The van der Waals surface area contributed by atoms with Gasteiger partial charge in [0.1, 0.15) is 0 Å². The van der Waals surface area contributed by atoms with Gasteiger partial charge in [0, 0.05) is 16.4 Å². The number of halogens is 2. The van der Waals surface area contributed by atoms with E-state index in [1.807, 2.05) is 0 Å². The van der Waals surface area contributed by atoms with E-state index in [1.165, 1.54) is 18.4 Å². The Morgan fingerprint density at radius 2 is 1.71 bits per heavy atom. The summed E-state index contributed by atoms with van der Waals surface area (Å²) in [5.74, 6) is 0.0286. The first-order valence-electron chi connectivity index (χ1n) is 7.37. The average molecular weight is 374 g/mol. The standard InChI is InChI=1S/C16H21BrN2O.ClH/c17-13-5-3-12(4-6-13)15(7-1-2-8-15)11-19-14(20)16(18)9-10-16;/h3-6H,1-2,7-11,18H2,(H,19,20);1H. The van der Waals surface area contributed by atoms with Crippen LogP contribution < -0.4 is 11.1 Å². The monoisotopic (exact) mass is 372 g/mol. The second-order valence-electron chi connectivity index (χ2n) is 6.33. The van der Waals surface area contributed by atoms with Crippen LogP contribution >= 0.6 is 28.3 Å². The average Bonchev–Trinajstić information content (AvgIpc) is 3.03. The number of hydrogen-bond donors (Lipinski definition) is 2. The fraction of sp³-hybridized carbons (Fsp3) is 0.562. The molecule has 0 bridgehead atoms. The minimum atomic E-state index is -0.570. The minimum Gasteiger partial charge on any atom is -0.354 e. The number of carbonyl (C=O) groups is 1. The van der Waals surface area contributed by atoms with Gasteiger partial charge in [-0.3, -0.25) is 4.79 Å². The van der Waals surface area contributed by atoms with E-state index in [-0.39, 0.29) is 23.7 Å². The number of hydrogen-bond acceptors (Lipinski definition) is 2. The van der Waals surface area contributed by atoms with E-state index >= 15 is 0 Å². The molecule has 0 heterocycles. The molecule has 0 aromatic heterocycles. The number of amides is 1. The Labute approximate surface area is 140 Å². The molecule has 3 N–H and O–H groups in total. The van der Waals surface area contributed by atoms with Gasteiger partial charge < -0.3 is 11.1 Å². The van der Waals surface area contributed by atoms with Crippen LogP contribution in [0.4, 0.5) is 0 Å². The van der Waals surface area contributed by atoms with Gasteiger partial charge in [0.25, 0.3) is 0 Å². The molecule has 1 aromatic rings. The van der Waals surface area contributed by atoms with Gasteiger partial charge in [-0.25, -0.2) is 0 Å². The molecular weight excluding hydrogens is 352 g/mol. The molecule has 1 aromatic carbocycles. The Kier molecular flexibility index (Phi) is 5.01. The Morgan fingerprint density at radius 3 is 2.24 bits per heavy atom. The van der Waals surface area contributed by atoms with Crippen LogP contribution in [0.2, 0.25) is 0 Å². The van der Waals surface area contributed by atoms with Crippen LogP contribution in [0.1, 0.15) is 44.1 Å². The Hall–Kier alpha value is -0.580. The molecule has 21 heavy (non-hydrogen) atoms. The van der Waals surface area contributed by atoms with E-state index in [1.54, 1.807) is 0 Å². The lowest BCUT2D eigenvalue weighted by atomic mass is 9.79. The van der Waals surface area contributed by atoms with Crippen LogP contribution in [0, 0.1) is 0 Å². The SMILES string of the molecule is Cl.NC1(C(=O)NCC2(c3ccc(Br)cc3)CCCC2)CC1. The van der Waals surface area contributed by atoms with Gasteiger partial charge in [0.2, 0.25) is 5.91 Å². The molecule has 116 valence electrons. The zero-order valence-corrected chi connectivity index (χ0v) is 14.4. The van der Waals surface area contributed by atoms with Crippen molar-refractivity contribution in [2.45, 2.75) is 49.5 Å². The first-order valence-corrected chi connectivity index (χ1v) is 8.17. The summed E-state index contributed by atoms with van der Waals surface area (Å²) >= 11 is 3.48. The van der Waals surface area contributed by atoms with Crippen LogP contribution in [-0.2, 0) is 10.2 Å². The third-order valence-corrected chi connectivity index (χ3v) is 5.37. The summed E-state index contributed by atoms with van der Waals surface area (Å²) in [7, 11) is 0. The highest BCUT2D eigenvalue weighted by atomic mass is 79.9. The molecule has 2 fully saturated rings. The van der Waals surface area contributed by atoms with Crippen molar-refractivity contribution >= 4 is 34.2 Å². The van der Waals surface area contributed by atoms with Crippen LogP contribution in [0.3, 0.4) is 0 Å². The first-order chi connectivity index (χ1) is 9.54. The minimum absolute atomic E-state index is 0. The fourth-order valence-electron chi connectivity index (χ4n) is 3.21. The molecule has 2 aliphatic carbocycles. The molecule has 5 heteroatoms. The van der Waals surface area contributed by atoms with E-state index < -0.39 is 5.54 Å². The Balaban J connectivity index is 0.00000161. The smallest absolute Gasteiger partial charge is 0.240 e. The molecule has 0 radical (unpaired) electrons. The largest absolute Gasteiger partial charge is 0.354 e. The van der Waals surface area contributed by atoms with Gasteiger partial charge in [-0.05, 0) is 43.4 Å². The zero-order valence-electron chi connectivity index (χ0n) is 12.0. The van der Waals surface area contributed by atoms with E-state index in [9.17, 15) is 4.79 Å². The van der Waals surface area contributed by atoms with E-state index in [2.05, 4.69) is 45.5 Å². The van der Waals surface area contributed by atoms with Crippen molar-refractivity contribution in [3.05, 3.63) is 34.3 Å². The second kappa shape index (κ2) is 6.27. The van der Waals surface area contributed by atoms with Crippen molar-refractivity contribution in [2.75, 3.05) is 6.54 Å². The molecule has 0 aliphatic heterocycles. The van der Waals surface area contributed by atoms with Crippen LogP contribution in [-0.4, -0.2) is 18.0 Å². The molecule has 2 aliphatic rings. The van der Waals surface area contributed by atoms with Crippen LogP contribution in [0.15, 0.2) is 28.7 Å². The van der Waals surface area contributed by atoms with Crippen molar-refractivity contribution in [3.63, 3.8) is 0 Å². The molecule has 0 saturated heterocycles. The van der Waals surface area contributed by atoms with E-state index in [0.29, 0.717) is 6.54 Å². The Bertz CT molecular complexity index is 508. The van der Waals surface area contributed by atoms with Gasteiger partial charge in [-0.1, -0.05) is 40.9 Å². The second-order valence-corrected chi connectivity index (χ2v) is 7.25. The lowest BCUT2D eigenvalue weighted by molar-refractivity contribution is -0.123. The highest BCUT2D eigenvalue weighted by Gasteiger charge is 2.47. The van der Waals surface area contributed by atoms with Crippen molar-refractivity contribution in [3.8, 4) is 0 Å². The van der Waals surface area contributed by atoms with Gasteiger partial charge in [-0.2, -0.15) is 0 Å². The molecule has 0 unspecified atom stereocenters. The number of nitrogens with two attached hydrogens (primary N) is 1. The summed E-state index contributed by atoms with van der Waals surface area (Å²) in [6.45, 7) is 0.715. The first kappa shape index (κ1) is 16.8. The lowest BCUT2D eigenvalue weighted by Crippen LogP contribution is -2.47. The predicted octanol–water partition coefficient (Wildman–Crippen LogP) is 3.29. The molecule has 3 nitrogen and oxygen atoms in total. The number of carbonyl (C=O) groups excluding carboxylic acids is 1. The molecule has 0 atom stereocenters. The van der Waals surface area contributed by atoms with Gasteiger partial charge in [0.05, 0.1) is 5.54 Å². The van der Waals surface area contributed by atoms with Gasteiger partial charge >= 0.3 is 0 Å². The number of benzene rings is 1. The fourth-order valence-corrected chi connectivity index (χ4v) is 3.47. The maximum Gasteiger partial charge on any atom is 0.240 e. The quantitative estimate of drug-likeness (QED) is 0.851. The summed E-state index contributed by atoms with van der Waals surface area (Å²) in [4.78, 5) is 12.1. The maximum absolute atomic E-state index is 12.1. The number of nitrogens with one attached hydrogen (secondary N) is 1. The van der Waals surface area contributed by atoms with E-state index in [0.717, 1.165) is 30.2 Å². The molecule has 1 amide bonds. The van der Waals surface area contributed by atoms with Crippen LogP contribution in [0.25, 0.3) is 0 Å². The molecule has 2 saturated carbocycles. The highest BCUT2D eigenvalue weighted by Crippen LogP contribution is 2.41. The summed E-state index contributed by atoms with van der Waals surface area (Å²) < 4.78 is 1.09.